The number of hydrogen-bond acceptors (Lipinski definition) is 11. The number of benzene rings is 2. The largest absolute Gasteiger partial charge is 0.492 e. The van der Waals surface area contributed by atoms with E-state index in [1.54, 1.807) is 23.1 Å². The first-order valence-electron chi connectivity index (χ1n) is 12.1. The van der Waals surface area contributed by atoms with Crippen LogP contribution in [0.4, 0.5) is 9.57 Å². The predicted octanol–water partition coefficient (Wildman–Crippen LogP) is 2.67. The second-order valence-electron chi connectivity index (χ2n) is 9.03. The van der Waals surface area contributed by atoms with Crippen LogP contribution in [0.25, 0.3) is 0 Å². The quantitative estimate of drug-likeness (QED) is 0.171. The van der Waals surface area contributed by atoms with Crippen molar-refractivity contribution in [3.8, 4) is 5.75 Å². The molecule has 0 spiro atoms. The normalized spacial score (nSPS) is 14.7. The molecule has 0 radical (unpaired) electrons. The molecule has 41 heavy (non-hydrogen) atoms. The number of nitrogens with zero attached hydrogens (tertiary/aromatic N) is 3. The van der Waals surface area contributed by atoms with Crippen LogP contribution >= 0.6 is 11.6 Å². The Kier molecular flexibility index (Phi) is 11.5. The summed E-state index contributed by atoms with van der Waals surface area (Å²) < 4.78 is 67.7. The van der Waals surface area contributed by atoms with Gasteiger partial charge in [0.05, 0.1) is 22.3 Å². The van der Waals surface area contributed by atoms with Crippen molar-refractivity contribution < 1.29 is 34.8 Å². The van der Waals surface area contributed by atoms with E-state index in [1.807, 2.05) is 13.8 Å². The smallest absolute Gasteiger partial charge is 0.332 e. The number of rotatable bonds is 10. The minimum Gasteiger partial charge on any atom is -0.492 e. The number of ether oxygens (including phenoxy) is 1. The molecule has 0 unspecified atom stereocenters. The van der Waals surface area contributed by atoms with Crippen molar-refractivity contribution >= 4 is 55.5 Å². The van der Waals surface area contributed by atoms with Gasteiger partial charge < -0.3 is 21.5 Å². The number of amides is 1. The summed E-state index contributed by atoms with van der Waals surface area (Å²) >= 11 is 6.39. The number of unbranched alkanes of at least 4 members (excludes halogenated alkanes) is 1. The molecular formula is C24H32ClFN6O7S2. The van der Waals surface area contributed by atoms with Crippen molar-refractivity contribution in [2.24, 2.45) is 21.5 Å². The molecule has 17 heteroatoms. The van der Waals surface area contributed by atoms with Crippen LogP contribution in [0.5, 0.6) is 5.75 Å². The molecule has 2 aromatic rings. The number of halogens is 2. The fraction of sp³-hybridized carbons (Fsp3) is 0.375. The van der Waals surface area contributed by atoms with Crippen LogP contribution in [0.15, 0.2) is 57.3 Å². The summed E-state index contributed by atoms with van der Waals surface area (Å²) in [5.41, 5.74) is 11.7. The fourth-order valence-electron chi connectivity index (χ4n) is 3.50. The summed E-state index contributed by atoms with van der Waals surface area (Å²) in [6.07, 6.45) is 1.21. The van der Waals surface area contributed by atoms with Crippen LogP contribution in [0.2, 0.25) is 5.02 Å². The van der Waals surface area contributed by atoms with Gasteiger partial charge in [0.15, 0.2) is 0 Å². The third-order valence-corrected chi connectivity index (χ3v) is 7.27. The average molecular weight is 635 g/mol. The second-order valence-corrected chi connectivity index (χ2v) is 12.5. The summed E-state index contributed by atoms with van der Waals surface area (Å²) in [6, 6.07) is 9.99. The molecule has 3 rings (SSSR count). The zero-order valence-corrected chi connectivity index (χ0v) is 24.9. The minimum absolute atomic E-state index is 0.0581. The molecule has 1 heterocycles. The summed E-state index contributed by atoms with van der Waals surface area (Å²) in [5, 5.41) is 3.04. The molecule has 6 N–H and O–H groups in total. The number of aliphatic imine (C=N–C) groups is 2. The molecule has 0 fully saturated rings. The highest BCUT2D eigenvalue weighted by atomic mass is 35.5. The first-order valence-corrected chi connectivity index (χ1v) is 15.5. The maximum Gasteiger partial charge on any atom is 0.332 e. The molecule has 1 amide bonds. The van der Waals surface area contributed by atoms with Gasteiger partial charge in [-0.25, -0.2) is 4.99 Å². The van der Waals surface area contributed by atoms with Crippen LogP contribution in [0, 0.1) is 0 Å². The third kappa shape index (κ3) is 10.5. The number of hydrogen-bond donors (Lipinski definition) is 4. The lowest BCUT2D eigenvalue weighted by Gasteiger charge is -2.38. The standard InChI is InChI=1S/C22H26ClFN6O4S.C2H6O3S/c1-22(2)29-20(25)28-21(26)30(22)15-8-9-18(17(23)13-15)34-11-4-3-10-27-19(31)14-6-5-7-16(12-14)35(24,32)33;1-2-6(3,4)5/h5-9,12-13H,3-4,10-11H2,1-2H3,(H,27,31)(H4,25,26,28,29);2H2,1H3,(H,3,4,5). The predicted molar refractivity (Wildman–Crippen MR) is 155 cm³/mol. The van der Waals surface area contributed by atoms with Gasteiger partial charge in [-0.3, -0.25) is 14.2 Å². The molecule has 0 aliphatic carbocycles. The van der Waals surface area contributed by atoms with Crippen molar-refractivity contribution in [1.29, 1.82) is 0 Å². The molecule has 2 aromatic carbocycles. The molecule has 0 saturated heterocycles. The van der Waals surface area contributed by atoms with Crippen LogP contribution in [0.3, 0.4) is 0 Å². The van der Waals surface area contributed by atoms with Crippen molar-refractivity contribution in [3.05, 3.63) is 53.1 Å². The maximum absolute atomic E-state index is 13.1. The van der Waals surface area contributed by atoms with E-state index >= 15 is 0 Å². The lowest BCUT2D eigenvalue weighted by Crippen LogP contribution is -2.54. The van der Waals surface area contributed by atoms with Crippen LogP contribution in [-0.4, -0.2) is 63.8 Å². The van der Waals surface area contributed by atoms with Crippen LogP contribution in [-0.2, 0) is 20.3 Å². The molecule has 0 aromatic heterocycles. The Morgan fingerprint density at radius 2 is 1.80 bits per heavy atom. The zero-order valence-electron chi connectivity index (χ0n) is 22.5. The topological polar surface area (TPSA) is 207 Å². The molecule has 0 atom stereocenters. The van der Waals surface area contributed by atoms with E-state index in [2.05, 4.69) is 15.3 Å². The van der Waals surface area contributed by atoms with Crippen molar-refractivity contribution in [2.75, 3.05) is 23.8 Å². The van der Waals surface area contributed by atoms with Crippen molar-refractivity contribution in [1.82, 2.24) is 5.32 Å². The average Bonchev–Trinajstić information content (AvgIpc) is 2.85. The van der Waals surface area contributed by atoms with Gasteiger partial charge in [0.25, 0.3) is 16.0 Å². The Morgan fingerprint density at radius 3 is 2.37 bits per heavy atom. The van der Waals surface area contributed by atoms with Gasteiger partial charge in [-0.1, -0.05) is 17.7 Å². The van der Waals surface area contributed by atoms with E-state index in [0.717, 1.165) is 12.1 Å². The molecule has 1 aliphatic heterocycles. The molecule has 13 nitrogen and oxygen atoms in total. The number of nitrogens with one attached hydrogen (secondary N) is 1. The zero-order chi connectivity index (χ0) is 31.0. The number of carbonyl (C=O) groups excluding carboxylic acids is 1. The molecule has 226 valence electrons. The van der Waals surface area contributed by atoms with E-state index in [4.69, 9.17) is 32.4 Å². The number of carbonyl (C=O) groups is 1. The van der Waals surface area contributed by atoms with E-state index in [1.165, 1.54) is 19.1 Å². The van der Waals surface area contributed by atoms with E-state index in [0.29, 0.717) is 42.5 Å². The number of nitrogens with two attached hydrogens (primary N) is 2. The monoisotopic (exact) mass is 634 g/mol. The van der Waals surface area contributed by atoms with Gasteiger partial charge in [0, 0.05) is 17.8 Å². The lowest BCUT2D eigenvalue weighted by molar-refractivity contribution is 0.0952. The van der Waals surface area contributed by atoms with Gasteiger partial charge in [0.2, 0.25) is 11.9 Å². The van der Waals surface area contributed by atoms with E-state index in [-0.39, 0.29) is 23.2 Å². The maximum atomic E-state index is 13.1. The molecule has 1 aliphatic rings. The Bertz CT molecular complexity index is 1530. The highest BCUT2D eigenvalue weighted by Gasteiger charge is 2.33. The van der Waals surface area contributed by atoms with Gasteiger partial charge >= 0.3 is 10.2 Å². The van der Waals surface area contributed by atoms with Crippen molar-refractivity contribution in [3.63, 3.8) is 0 Å². The highest BCUT2D eigenvalue weighted by Crippen LogP contribution is 2.33. The minimum atomic E-state index is -4.87. The first-order chi connectivity index (χ1) is 18.9. The van der Waals surface area contributed by atoms with Crippen LogP contribution < -0.4 is 26.4 Å². The Labute approximate surface area is 243 Å². The van der Waals surface area contributed by atoms with Gasteiger partial charge in [0.1, 0.15) is 11.4 Å². The van der Waals surface area contributed by atoms with Gasteiger partial charge in [-0.15, -0.1) is 3.89 Å². The molecular weight excluding hydrogens is 603 g/mol. The molecule has 0 bridgehead atoms. The Morgan fingerprint density at radius 1 is 1.15 bits per heavy atom. The molecule has 0 saturated carbocycles. The summed E-state index contributed by atoms with van der Waals surface area (Å²) in [5.74, 6) is 0.0914. The van der Waals surface area contributed by atoms with Crippen LogP contribution in [0.1, 0.15) is 44.0 Å². The first kappa shape index (κ1) is 33.7. The SMILES string of the molecule is CC1(C)N=C(N)N=C(N)N1c1ccc(OCCCCNC(=O)c2cccc(S(=O)(=O)F)c2)c(Cl)c1.CCS(=O)(=O)O. The number of guanidine groups is 2. The lowest BCUT2D eigenvalue weighted by atomic mass is 10.1. The van der Waals surface area contributed by atoms with Gasteiger partial charge in [-0.2, -0.15) is 21.8 Å². The Hall–Kier alpha value is -3.47. The third-order valence-electron chi connectivity index (χ3n) is 5.42. The van der Waals surface area contributed by atoms with E-state index in [9.17, 15) is 25.5 Å². The van der Waals surface area contributed by atoms with E-state index < -0.39 is 36.8 Å². The second kappa shape index (κ2) is 13.9. The van der Waals surface area contributed by atoms with Gasteiger partial charge in [-0.05, 0) is 70.0 Å². The summed E-state index contributed by atoms with van der Waals surface area (Å²) in [7, 11) is -8.54. The number of anilines is 1. The Balaban J connectivity index is 0.000000883. The fourth-order valence-corrected chi connectivity index (χ4v) is 4.24. The highest BCUT2D eigenvalue weighted by molar-refractivity contribution is 7.86. The van der Waals surface area contributed by atoms with Crippen molar-refractivity contribution in [2.45, 2.75) is 44.2 Å². The summed E-state index contributed by atoms with van der Waals surface area (Å²) in [6.45, 7) is 5.74. The summed E-state index contributed by atoms with van der Waals surface area (Å²) in [4.78, 5) is 21.6.